The highest BCUT2D eigenvalue weighted by Gasteiger charge is 2.15. The Morgan fingerprint density at radius 1 is 0.971 bits per heavy atom. The SMILES string of the molecule is CCCCOC(=O)CCC(CCNCC(O)c1ccccc1Cl)c1ccccc1.O=C(O)C(=O)O. The van der Waals surface area contributed by atoms with Crippen molar-refractivity contribution in [1.29, 1.82) is 0 Å². The van der Waals surface area contributed by atoms with Crippen molar-refractivity contribution in [2.24, 2.45) is 0 Å². The van der Waals surface area contributed by atoms with Crippen molar-refractivity contribution in [1.82, 2.24) is 5.32 Å². The molecule has 0 aliphatic heterocycles. The predicted octanol–water partition coefficient (Wildman–Crippen LogP) is 4.42. The molecule has 35 heavy (non-hydrogen) atoms. The van der Waals surface area contributed by atoms with Crippen molar-refractivity contribution >= 4 is 29.5 Å². The Kier molecular flexibility index (Phi) is 15.0. The van der Waals surface area contributed by atoms with E-state index in [1.807, 2.05) is 36.4 Å². The average molecular weight is 508 g/mol. The minimum atomic E-state index is -1.82. The Balaban J connectivity index is 0.000000905. The van der Waals surface area contributed by atoms with E-state index in [-0.39, 0.29) is 11.9 Å². The van der Waals surface area contributed by atoms with Gasteiger partial charge in [-0.1, -0.05) is 73.5 Å². The highest BCUT2D eigenvalue weighted by Crippen LogP contribution is 2.25. The van der Waals surface area contributed by atoms with Crippen molar-refractivity contribution < 1.29 is 34.4 Å². The number of unbranched alkanes of at least 4 members (excludes halogenated alkanes) is 1. The summed E-state index contributed by atoms with van der Waals surface area (Å²) in [6, 6.07) is 17.6. The summed E-state index contributed by atoms with van der Waals surface area (Å²) in [5.41, 5.74) is 1.96. The van der Waals surface area contributed by atoms with E-state index in [0.717, 1.165) is 37.8 Å². The number of nitrogens with one attached hydrogen (secondary N) is 1. The van der Waals surface area contributed by atoms with E-state index < -0.39 is 18.0 Å². The fourth-order valence-corrected chi connectivity index (χ4v) is 3.53. The molecule has 192 valence electrons. The van der Waals surface area contributed by atoms with Crippen LogP contribution in [0.15, 0.2) is 54.6 Å². The molecular weight excluding hydrogens is 474 g/mol. The maximum absolute atomic E-state index is 12.0. The summed E-state index contributed by atoms with van der Waals surface area (Å²) in [7, 11) is 0. The molecule has 0 aliphatic rings. The van der Waals surface area contributed by atoms with Crippen LogP contribution in [0.3, 0.4) is 0 Å². The topological polar surface area (TPSA) is 133 Å². The number of benzene rings is 2. The van der Waals surface area contributed by atoms with E-state index >= 15 is 0 Å². The van der Waals surface area contributed by atoms with Gasteiger partial charge in [-0.3, -0.25) is 4.79 Å². The van der Waals surface area contributed by atoms with Crippen molar-refractivity contribution in [2.45, 2.75) is 51.0 Å². The molecule has 0 amide bonds. The van der Waals surface area contributed by atoms with Crippen molar-refractivity contribution in [3.05, 3.63) is 70.7 Å². The van der Waals surface area contributed by atoms with Gasteiger partial charge in [-0.2, -0.15) is 0 Å². The summed E-state index contributed by atoms with van der Waals surface area (Å²) < 4.78 is 5.29. The van der Waals surface area contributed by atoms with Crippen LogP contribution in [-0.4, -0.2) is 52.9 Å². The number of ether oxygens (including phenoxy) is 1. The first kappa shape index (κ1) is 30.1. The van der Waals surface area contributed by atoms with Crippen LogP contribution in [0, 0.1) is 0 Å². The highest BCUT2D eigenvalue weighted by atomic mass is 35.5. The van der Waals surface area contributed by atoms with Gasteiger partial charge in [0.2, 0.25) is 0 Å². The van der Waals surface area contributed by atoms with Gasteiger partial charge in [0.1, 0.15) is 0 Å². The second kappa shape index (κ2) is 17.5. The summed E-state index contributed by atoms with van der Waals surface area (Å²) >= 11 is 6.15. The standard InChI is InChI=1S/C24H32ClNO3.C2H2O4/c1-2-3-17-29-24(28)14-13-20(19-9-5-4-6-10-19)15-16-26-18-23(27)21-11-7-8-12-22(21)25;3-1(4)2(5)6/h4-12,20,23,26-27H,2-3,13-18H2,1H3;(H,3,4)(H,5,6). The van der Waals surface area contributed by atoms with Crippen molar-refractivity contribution in [3.63, 3.8) is 0 Å². The zero-order valence-electron chi connectivity index (χ0n) is 19.9. The Morgan fingerprint density at radius 3 is 2.20 bits per heavy atom. The van der Waals surface area contributed by atoms with E-state index in [9.17, 15) is 9.90 Å². The first-order valence-electron chi connectivity index (χ1n) is 11.6. The quantitative estimate of drug-likeness (QED) is 0.178. The van der Waals surface area contributed by atoms with Crippen LogP contribution >= 0.6 is 11.6 Å². The van der Waals surface area contributed by atoms with Gasteiger partial charge >= 0.3 is 17.9 Å². The number of carboxylic acid groups (broad SMARTS) is 2. The third-order valence-electron chi connectivity index (χ3n) is 5.18. The molecule has 0 fully saturated rings. The molecule has 0 spiro atoms. The van der Waals surface area contributed by atoms with E-state index in [4.69, 9.17) is 36.1 Å². The number of carbonyl (C=O) groups is 3. The van der Waals surface area contributed by atoms with Gasteiger partial charge in [0.05, 0.1) is 12.7 Å². The molecule has 2 atom stereocenters. The minimum Gasteiger partial charge on any atom is -0.473 e. The summed E-state index contributed by atoms with van der Waals surface area (Å²) in [5.74, 6) is -3.51. The van der Waals surface area contributed by atoms with Gasteiger partial charge in [-0.05, 0) is 43.4 Å². The lowest BCUT2D eigenvalue weighted by Crippen LogP contribution is -2.24. The van der Waals surface area contributed by atoms with Gasteiger partial charge in [-0.25, -0.2) is 9.59 Å². The Labute approximate surface area is 210 Å². The maximum atomic E-state index is 12.0. The predicted molar refractivity (Wildman–Crippen MR) is 133 cm³/mol. The first-order chi connectivity index (χ1) is 16.8. The smallest absolute Gasteiger partial charge is 0.414 e. The number of esters is 1. The second-order valence-electron chi connectivity index (χ2n) is 7.86. The van der Waals surface area contributed by atoms with Crippen LogP contribution in [-0.2, 0) is 19.1 Å². The van der Waals surface area contributed by atoms with Crippen molar-refractivity contribution in [2.75, 3.05) is 19.7 Å². The van der Waals surface area contributed by atoms with Gasteiger partial charge in [0.25, 0.3) is 0 Å². The lowest BCUT2D eigenvalue weighted by atomic mass is 9.91. The number of halogens is 1. The molecule has 4 N–H and O–H groups in total. The zero-order valence-corrected chi connectivity index (χ0v) is 20.6. The molecule has 0 aromatic heterocycles. The number of aliphatic hydroxyl groups excluding tert-OH is 1. The van der Waals surface area contributed by atoms with E-state index in [1.54, 1.807) is 6.07 Å². The largest absolute Gasteiger partial charge is 0.473 e. The number of hydrogen-bond donors (Lipinski definition) is 4. The summed E-state index contributed by atoms with van der Waals surface area (Å²) in [6.45, 7) is 3.76. The molecule has 0 aliphatic carbocycles. The number of aliphatic carboxylic acids is 2. The summed E-state index contributed by atoms with van der Waals surface area (Å²) in [4.78, 5) is 30.2. The first-order valence-corrected chi connectivity index (χ1v) is 11.9. The second-order valence-corrected chi connectivity index (χ2v) is 8.27. The number of rotatable bonds is 13. The van der Waals surface area contributed by atoms with Crippen LogP contribution in [0.1, 0.15) is 62.2 Å². The number of carboxylic acids is 2. The molecule has 2 rings (SSSR count). The third-order valence-corrected chi connectivity index (χ3v) is 5.53. The maximum Gasteiger partial charge on any atom is 0.414 e. The van der Waals surface area contributed by atoms with Crippen LogP contribution in [0.25, 0.3) is 0 Å². The minimum absolute atomic E-state index is 0.124. The van der Waals surface area contributed by atoms with Crippen molar-refractivity contribution in [3.8, 4) is 0 Å². The molecule has 8 nitrogen and oxygen atoms in total. The van der Waals surface area contributed by atoms with Crippen LogP contribution in [0.4, 0.5) is 0 Å². The third kappa shape index (κ3) is 12.9. The summed E-state index contributed by atoms with van der Waals surface area (Å²) in [6.07, 6.45) is 3.33. The molecule has 2 aromatic rings. The molecule has 0 saturated heterocycles. The monoisotopic (exact) mass is 507 g/mol. The van der Waals surface area contributed by atoms with E-state index in [2.05, 4.69) is 24.4 Å². The zero-order chi connectivity index (χ0) is 26.1. The van der Waals surface area contributed by atoms with Gasteiger partial charge in [0, 0.05) is 23.6 Å². The molecule has 9 heteroatoms. The van der Waals surface area contributed by atoms with Gasteiger partial charge < -0.3 is 25.4 Å². The highest BCUT2D eigenvalue weighted by molar-refractivity contribution is 6.31. The molecule has 0 heterocycles. The number of carbonyl (C=O) groups excluding carboxylic acids is 1. The van der Waals surface area contributed by atoms with Crippen LogP contribution < -0.4 is 5.32 Å². The molecule has 0 radical (unpaired) electrons. The molecule has 2 aromatic carbocycles. The van der Waals surface area contributed by atoms with Gasteiger partial charge in [0.15, 0.2) is 0 Å². The van der Waals surface area contributed by atoms with Crippen LogP contribution in [0.2, 0.25) is 5.02 Å². The summed E-state index contributed by atoms with van der Waals surface area (Å²) in [5, 5.41) is 29.0. The van der Waals surface area contributed by atoms with E-state index in [0.29, 0.717) is 24.6 Å². The normalized spacial score (nSPS) is 12.1. The lowest BCUT2D eigenvalue weighted by molar-refractivity contribution is -0.159. The Hall–Kier alpha value is -2.94. The fourth-order valence-electron chi connectivity index (χ4n) is 3.27. The average Bonchev–Trinajstić information content (AvgIpc) is 2.84. The Morgan fingerprint density at radius 2 is 1.60 bits per heavy atom. The van der Waals surface area contributed by atoms with E-state index in [1.165, 1.54) is 5.56 Å². The van der Waals surface area contributed by atoms with Gasteiger partial charge in [-0.15, -0.1) is 0 Å². The molecular formula is C26H34ClNO7. The fraction of sp³-hybridized carbons (Fsp3) is 0.423. The Bertz CT molecular complexity index is 896. The van der Waals surface area contributed by atoms with Crippen LogP contribution in [0.5, 0.6) is 0 Å². The molecule has 0 bridgehead atoms. The number of aliphatic hydroxyl groups is 1. The molecule has 2 unspecified atom stereocenters. The number of hydrogen-bond acceptors (Lipinski definition) is 6. The lowest BCUT2D eigenvalue weighted by Gasteiger charge is -2.19. The molecule has 0 saturated carbocycles.